The second kappa shape index (κ2) is 7.02. The summed E-state index contributed by atoms with van der Waals surface area (Å²) in [7, 11) is 0. The number of carbonyl (C=O) groups is 1. The van der Waals surface area contributed by atoms with Gasteiger partial charge in [0.2, 0.25) is 5.82 Å². The first-order valence-electron chi connectivity index (χ1n) is 8.29. The molecular formula is C18H15ClN4O4. The molecule has 0 unspecified atom stereocenters. The van der Waals surface area contributed by atoms with E-state index in [2.05, 4.69) is 26.8 Å². The summed E-state index contributed by atoms with van der Waals surface area (Å²) in [6, 6.07) is 3.51. The topological polar surface area (TPSA) is 92.3 Å². The molecule has 1 aliphatic heterocycles. The Morgan fingerprint density at radius 3 is 2.96 bits per heavy atom. The molecule has 0 bridgehead atoms. The largest absolute Gasteiger partial charge is 0.461 e. The fourth-order valence-electron chi connectivity index (χ4n) is 3.05. The van der Waals surface area contributed by atoms with E-state index in [1.165, 1.54) is 6.92 Å². The molecule has 3 aromatic heterocycles. The van der Waals surface area contributed by atoms with Crippen LogP contribution in [0.2, 0.25) is 5.15 Å². The molecule has 4 heterocycles. The Kier molecular flexibility index (Phi) is 4.56. The normalized spacial score (nSPS) is 19.1. The average molecular weight is 387 g/mol. The van der Waals surface area contributed by atoms with Crippen molar-refractivity contribution in [2.24, 2.45) is 0 Å². The van der Waals surface area contributed by atoms with E-state index in [-0.39, 0.29) is 16.9 Å². The minimum absolute atomic E-state index is 0.173. The Morgan fingerprint density at radius 2 is 2.26 bits per heavy atom. The standard InChI is InChI=1S/C18H15ClN4O4/c1-3-5-13-20-15(19)14-17(21-13)23(16(22-14)11-6-4-8-25-11)18-12(7-9-26-18)27-10(2)24/h4,6,8,12,18H,7,9H2,1-2H3/t12-,18-/m1/s1. The number of halogens is 1. The molecule has 0 aliphatic carbocycles. The van der Waals surface area contributed by atoms with E-state index in [9.17, 15) is 4.79 Å². The zero-order chi connectivity index (χ0) is 19.0. The van der Waals surface area contributed by atoms with Crippen LogP contribution in [-0.4, -0.2) is 38.2 Å². The van der Waals surface area contributed by atoms with Gasteiger partial charge in [0.05, 0.1) is 12.9 Å². The molecule has 1 saturated heterocycles. The monoisotopic (exact) mass is 386 g/mol. The fourth-order valence-corrected chi connectivity index (χ4v) is 3.26. The molecule has 3 aromatic rings. The lowest BCUT2D eigenvalue weighted by atomic mass is 10.2. The Morgan fingerprint density at radius 1 is 1.41 bits per heavy atom. The number of rotatable bonds is 3. The van der Waals surface area contributed by atoms with E-state index < -0.39 is 12.3 Å². The van der Waals surface area contributed by atoms with Crippen molar-refractivity contribution in [1.29, 1.82) is 0 Å². The number of fused-ring (bicyclic) bond motifs is 1. The number of furan rings is 1. The van der Waals surface area contributed by atoms with Crippen LogP contribution >= 0.6 is 11.6 Å². The number of nitrogens with zero attached hydrogens (tertiary/aromatic N) is 4. The van der Waals surface area contributed by atoms with Gasteiger partial charge in [0.15, 0.2) is 28.6 Å². The van der Waals surface area contributed by atoms with Gasteiger partial charge in [-0.15, -0.1) is 0 Å². The third kappa shape index (κ3) is 3.16. The molecule has 2 atom stereocenters. The van der Waals surface area contributed by atoms with Crippen LogP contribution in [0, 0.1) is 11.8 Å². The van der Waals surface area contributed by atoms with Crippen molar-refractivity contribution in [1.82, 2.24) is 19.5 Å². The molecule has 0 spiro atoms. The fraction of sp³-hybridized carbons (Fsp3) is 0.333. The van der Waals surface area contributed by atoms with Gasteiger partial charge in [0, 0.05) is 13.3 Å². The molecular weight excluding hydrogens is 372 g/mol. The maximum absolute atomic E-state index is 11.5. The van der Waals surface area contributed by atoms with Gasteiger partial charge in [0.25, 0.3) is 0 Å². The summed E-state index contributed by atoms with van der Waals surface area (Å²) >= 11 is 6.32. The Hall–Kier alpha value is -2.89. The van der Waals surface area contributed by atoms with Crippen LogP contribution in [0.1, 0.15) is 32.3 Å². The first-order chi connectivity index (χ1) is 13.1. The molecule has 8 nitrogen and oxygen atoms in total. The molecule has 138 valence electrons. The number of esters is 1. The molecule has 1 fully saturated rings. The van der Waals surface area contributed by atoms with Crippen molar-refractivity contribution < 1.29 is 18.7 Å². The summed E-state index contributed by atoms with van der Waals surface area (Å²) in [6.07, 6.45) is 0.997. The summed E-state index contributed by atoms with van der Waals surface area (Å²) in [5, 5.41) is 0.173. The maximum atomic E-state index is 11.5. The van der Waals surface area contributed by atoms with Crippen LogP contribution in [0.4, 0.5) is 0 Å². The van der Waals surface area contributed by atoms with Gasteiger partial charge in [0.1, 0.15) is 11.6 Å². The second-order valence-electron chi connectivity index (χ2n) is 5.87. The van der Waals surface area contributed by atoms with Crippen LogP contribution < -0.4 is 0 Å². The quantitative estimate of drug-likeness (QED) is 0.388. The highest BCUT2D eigenvalue weighted by Crippen LogP contribution is 2.36. The van der Waals surface area contributed by atoms with Crippen LogP contribution in [0.3, 0.4) is 0 Å². The number of hydrogen-bond acceptors (Lipinski definition) is 7. The Balaban J connectivity index is 1.96. The molecule has 4 rings (SSSR count). The number of ether oxygens (including phenoxy) is 2. The molecule has 1 aliphatic rings. The van der Waals surface area contributed by atoms with Gasteiger partial charge >= 0.3 is 5.97 Å². The number of hydrogen-bond donors (Lipinski definition) is 0. The second-order valence-corrected chi connectivity index (χ2v) is 6.22. The van der Waals surface area contributed by atoms with Gasteiger partial charge in [-0.25, -0.2) is 15.0 Å². The molecule has 0 saturated carbocycles. The van der Waals surface area contributed by atoms with Crippen molar-refractivity contribution in [3.8, 4) is 23.4 Å². The highest BCUT2D eigenvalue weighted by atomic mass is 35.5. The van der Waals surface area contributed by atoms with Crippen LogP contribution in [0.25, 0.3) is 22.7 Å². The molecule has 0 aromatic carbocycles. The van der Waals surface area contributed by atoms with Crippen LogP contribution in [0.15, 0.2) is 22.8 Å². The first kappa shape index (κ1) is 17.5. The first-order valence-corrected chi connectivity index (χ1v) is 8.67. The lowest BCUT2D eigenvalue weighted by Crippen LogP contribution is -2.25. The SMILES string of the molecule is CC#Cc1nc(Cl)c2nc(-c3ccco3)n([C@@H]3OCC[C@H]3OC(C)=O)c2n1. The van der Waals surface area contributed by atoms with E-state index in [0.717, 1.165) is 0 Å². The van der Waals surface area contributed by atoms with Crippen molar-refractivity contribution in [3.05, 3.63) is 29.4 Å². The Labute approximate surface area is 159 Å². The van der Waals surface area contributed by atoms with E-state index in [0.29, 0.717) is 35.8 Å². The minimum Gasteiger partial charge on any atom is -0.461 e. The predicted octanol–water partition coefficient (Wildman–Crippen LogP) is 2.96. The highest BCUT2D eigenvalue weighted by molar-refractivity contribution is 6.33. The van der Waals surface area contributed by atoms with Gasteiger partial charge < -0.3 is 13.9 Å². The number of imidazole rings is 1. The van der Waals surface area contributed by atoms with Gasteiger partial charge in [-0.2, -0.15) is 0 Å². The lowest BCUT2D eigenvalue weighted by Gasteiger charge is -2.21. The Bertz CT molecular complexity index is 1060. The predicted molar refractivity (Wildman–Crippen MR) is 95.7 cm³/mol. The lowest BCUT2D eigenvalue weighted by molar-refractivity contribution is -0.151. The van der Waals surface area contributed by atoms with Crippen molar-refractivity contribution >= 4 is 28.7 Å². The number of aromatic nitrogens is 4. The summed E-state index contributed by atoms with van der Waals surface area (Å²) in [5.74, 6) is 6.39. The van der Waals surface area contributed by atoms with E-state index in [1.54, 1.807) is 29.9 Å². The third-order valence-electron chi connectivity index (χ3n) is 4.06. The van der Waals surface area contributed by atoms with Gasteiger partial charge in [-0.3, -0.25) is 9.36 Å². The number of carbonyl (C=O) groups excluding carboxylic acids is 1. The van der Waals surface area contributed by atoms with E-state index in [4.69, 9.17) is 25.5 Å². The summed E-state index contributed by atoms with van der Waals surface area (Å²) in [4.78, 5) is 24.7. The summed E-state index contributed by atoms with van der Waals surface area (Å²) in [6.45, 7) is 3.48. The van der Waals surface area contributed by atoms with Crippen LogP contribution in [0.5, 0.6) is 0 Å². The minimum atomic E-state index is -0.618. The molecule has 0 amide bonds. The van der Waals surface area contributed by atoms with Crippen molar-refractivity contribution in [2.75, 3.05) is 6.61 Å². The van der Waals surface area contributed by atoms with E-state index >= 15 is 0 Å². The molecule has 0 radical (unpaired) electrons. The van der Waals surface area contributed by atoms with Gasteiger partial charge in [-0.05, 0) is 25.0 Å². The molecule has 27 heavy (non-hydrogen) atoms. The van der Waals surface area contributed by atoms with Gasteiger partial charge in [-0.1, -0.05) is 17.5 Å². The molecule has 0 N–H and O–H groups in total. The average Bonchev–Trinajstić information content (AvgIpc) is 3.33. The zero-order valence-corrected chi connectivity index (χ0v) is 15.4. The smallest absolute Gasteiger partial charge is 0.303 e. The zero-order valence-electron chi connectivity index (χ0n) is 14.6. The maximum Gasteiger partial charge on any atom is 0.303 e. The van der Waals surface area contributed by atoms with Crippen molar-refractivity contribution in [3.63, 3.8) is 0 Å². The van der Waals surface area contributed by atoms with Crippen LogP contribution in [-0.2, 0) is 14.3 Å². The summed E-state index contributed by atoms with van der Waals surface area (Å²) < 4.78 is 18.5. The highest BCUT2D eigenvalue weighted by Gasteiger charge is 2.36. The van der Waals surface area contributed by atoms with E-state index in [1.807, 2.05) is 0 Å². The van der Waals surface area contributed by atoms with Crippen molar-refractivity contribution in [2.45, 2.75) is 32.6 Å². The summed E-state index contributed by atoms with van der Waals surface area (Å²) in [5.41, 5.74) is 0.824. The molecule has 9 heteroatoms. The third-order valence-corrected chi connectivity index (χ3v) is 4.32.